The zero-order chi connectivity index (χ0) is 18.1. The molecule has 3 rings (SSSR count). The Balaban J connectivity index is 2.02. The molecule has 0 bridgehead atoms. The number of fused-ring (bicyclic) bond motifs is 2. The number of amides is 1. The van der Waals surface area contributed by atoms with Gasteiger partial charge in [0.1, 0.15) is 16.9 Å². The van der Waals surface area contributed by atoms with E-state index >= 15 is 0 Å². The highest BCUT2D eigenvalue weighted by atomic mass is 16.4. The van der Waals surface area contributed by atoms with Gasteiger partial charge in [-0.1, -0.05) is 6.92 Å². The lowest BCUT2D eigenvalue weighted by Crippen LogP contribution is -2.25. The number of benzene rings is 1. The Morgan fingerprint density at radius 1 is 1.04 bits per heavy atom. The van der Waals surface area contributed by atoms with Gasteiger partial charge in [0.15, 0.2) is 0 Å². The van der Waals surface area contributed by atoms with Gasteiger partial charge < -0.3 is 14.2 Å². The van der Waals surface area contributed by atoms with E-state index in [1.165, 1.54) is 0 Å². The van der Waals surface area contributed by atoms with E-state index in [9.17, 15) is 9.59 Å². The van der Waals surface area contributed by atoms with E-state index in [0.29, 0.717) is 24.1 Å². The standard InChI is InChI=1S/C20H23NO4/c1-5-8-21-19(22)7-6-14-12(3)16-9-15-11(2)13(4)24-17(15)10-18(16)25-20(14)23/h9-10H,5-8H2,1-4H3,(H,21,22). The molecule has 0 spiro atoms. The molecule has 0 atom stereocenters. The van der Waals surface area contributed by atoms with Crippen LogP contribution in [0, 0.1) is 20.8 Å². The number of carbonyl (C=O) groups excluding carboxylic acids is 1. The van der Waals surface area contributed by atoms with Crippen LogP contribution in [-0.2, 0) is 11.2 Å². The lowest BCUT2D eigenvalue weighted by molar-refractivity contribution is -0.121. The van der Waals surface area contributed by atoms with Crippen LogP contribution >= 0.6 is 0 Å². The van der Waals surface area contributed by atoms with E-state index in [0.717, 1.165) is 39.7 Å². The lowest BCUT2D eigenvalue weighted by Gasteiger charge is -2.08. The largest absolute Gasteiger partial charge is 0.461 e. The first-order valence-electron chi connectivity index (χ1n) is 8.65. The number of hydrogen-bond acceptors (Lipinski definition) is 4. The van der Waals surface area contributed by atoms with Crippen molar-refractivity contribution < 1.29 is 13.6 Å². The minimum Gasteiger partial charge on any atom is -0.461 e. The zero-order valence-corrected chi connectivity index (χ0v) is 15.1. The van der Waals surface area contributed by atoms with Crippen molar-refractivity contribution in [3.8, 4) is 0 Å². The van der Waals surface area contributed by atoms with Gasteiger partial charge in [-0.3, -0.25) is 4.79 Å². The third-order valence-corrected chi connectivity index (χ3v) is 4.76. The fourth-order valence-corrected chi connectivity index (χ4v) is 3.11. The first-order chi connectivity index (χ1) is 11.9. The maximum atomic E-state index is 12.4. The first-order valence-corrected chi connectivity index (χ1v) is 8.65. The van der Waals surface area contributed by atoms with Crippen LogP contribution in [0.15, 0.2) is 25.8 Å². The third kappa shape index (κ3) is 3.18. The highest BCUT2D eigenvalue weighted by molar-refractivity contribution is 5.96. The summed E-state index contributed by atoms with van der Waals surface area (Å²) in [5, 5.41) is 4.74. The second-order valence-electron chi connectivity index (χ2n) is 6.47. The van der Waals surface area contributed by atoms with Crippen molar-refractivity contribution >= 4 is 27.8 Å². The van der Waals surface area contributed by atoms with Crippen molar-refractivity contribution in [1.29, 1.82) is 0 Å². The number of rotatable bonds is 5. The molecular weight excluding hydrogens is 318 g/mol. The van der Waals surface area contributed by atoms with E-state index in [-0.39, 0.29) is 18.0 Å². The normalized spacial score (nSPS) is 11.4. The molecular formula is C20H23NO4. The minimum atomic E-state index is -0.382. The molecule has 1 amide bonds. The fraction of sp³-hybridized carbons (Fsp3) is 0.400. The number of nitrogens with one attached hydrogen (secondary N) is 1. The Kier molecular flexibility index (Phi) is 4.66. The summed E-state index contributed by atoms with van der Waals surface area (Å²) in [6.07, 6.45) is 1.55. The second-order valence-corrected chi connectivity index (χ2v) is 6.47. The molecule has 0 aliphatic heterocycles. The van der Waals surface area contributed by atoms with Gasteiger partial charge in [-0.05, 0) is 50.8 Å². The SMILES string of the molecule is CCCNC(=O)CCc1c(C)c2cc3c(C)c(C)oc3cc2oc1=O. The van der Waals surface area contributed by atoms with Crippen LogP contribution in [0.4, 0.5) is 0 Å². The second kappa shape index (κ2) is 6.75. The van der Waals surface area contributed by atoms with Crippen molar-refractivity contribution in [1.82, 2.24) is 5.32 Å². The Labute approximate surface area is 146 Å². The molecule has 1 N–H and O–H groups in total. The summed E-state index contributed by atoms with van der Waals surface area (Å²) < 4.78 is 11.2. The van der Waals surface area contributed by atoms with Gasteiger partial charge in [0.2, 0.25) is 5.91 Å². The van der Waals surface area contributed by atoms with Crippen molar-refractivity contribution in [2.24, 2.45) is 0 Å². The van der Waals surface area contributed by atoms with Gasteiger partial charge in [-0.2, -0.15) is 0 Å². The van der Waals surface area contributed by atoms with E-state index < -0.39 is 0 Å². The Bertz CT molecular complexity index is 1010. The van der Waals surface area contributed by atoms with Crippen LogP contribution in [-0.4, -0.2) is 12.5 Å². The average Bonchev–Trinajstić information content (AvgIpc) is 2.85. The molecule has 5 heteroatoms. The Morgan fingerprint density at radius 3 is 2.44 bits per heavy atom. The average molecular weight is 341 g/mol. The topological polar surface area (TPSA) is 72.5 Å². The van der Waals surface area contributed by atoms with Gasteiger partial charge in [-0.25, -0.2) is 4.79 Å². The van der Waals surface area contributed by atoms with Gasteiger partial charge in [0.25, 0.3) is 0 Å². The maximum absolute atomic E-state index is 12.4. The van der Waals surface area contributed by atoms with E-state index in [2.05, 4.69) is 5.32 Å². The van der Waals surface area contributed by atoms with Gasteiger partial charge in [0.05, 0.1) is 0 Å². The molecule has 0 saturated heterocycles. The zero-order valence-electron chi connectivity index (χ0n) is 15.1. The summed E-state index contributed by atoms with van der Waals surface area (Å²) in [6.45, 7) is 8.50. The molecule has 0 aliphatic rings. The molecule has 5 nitrogen and oxygen atoms in total. The number of hydrogen-bond donors (Lipinski definition) is 1. The smallest absolute Gasteiger partial charge is 0.339 e. The molecule has 0 saturated carbocycles. The fourth-order valence-electron chi connectivity index (χ4n) is 3.11. The molecule has 132 valence electrons. The molecule has 3 aromatic rings. The molecule has 0 radical (unpaired) electrons. The highest BCUT2D eigenvalue weighted by Crippen LogP contribution is 2.31. The van der Waals surface area contributed by atoms with E-state index in [1.807, 2.05) is 33.8 Å². The van der Waals surface area contributed by atoms with Crippen molar-refractivity contribution in [3.63, 3.8) is 0 Å². The summed E-state index contributed by atoms with van der Waals surface area (Å²) in [6, 6.07) is 3.78. The maximum Gasteiger partial charge on any atom is 0.339 e. The van der Waals surface area contributed by atoms with E-state index in [4.69, 9.17) is 8.83 Å². The van der Waals surface area contributed by atoms with Crippen molar-refractivity contribution in [2.75, 3.05) is 6.54 Å². The Hall–Kier alpha value is -2.56. The van der Waals surface area contributed by atoms with Gasteiger partial charge in [-0.15, -0.1) is 0 Å². The quantitative estimate of drug-likeness (QED) is 0.714. The number of carbonyl (C=O) groups is 1. The molecule has 2 heterocycles. The van der Waals surface area contributed by atoms with Crippen LogP contribution in [0.5, 0.6) is 0 Å². The number of aryl methyl sites for hydroxylation is 3. The van der Waals surface area contributed by atoms with Crippen molar-refractivity contribution in [3.05, 3.63) is 45.0 Å². The molecule has 2 aromatic heterocycles. The van der Waals surface area contributed by atoms with Gasteiger partial charge in [0, 0.05) is 35.4 Å². The Morgan fingerprint density at radius 2 is 1.72 bits per heavy atom. The molecule has 25 heavy (non-hydrogen) atoms. The predicted molar refractivity (Wildman–Crippen MR) is 98.1 cm³/mol. The minimum absolute atomic E-state index is 0.0440. The molecule has 0 unspecified atom stereocenters. The van der Waals surface area contributed by atoms with Gasteiger partial charge >= 0.3 is 5.63 Å². The molecule has 0 fully saturated rings. The van der Waals surface area contributed by atoms with Crippen LogP contribution in [0.2, 0.25) is 0 Å². The summed E-state index contributed by atoms with van der Waals surface area (Å²) >= 11 is 0. The van der Waals surface area contributed by atoms with Crippen LogP contribution in [0.3, 0.4) is 0 Å². The van der Waals surface area contributed by atoms with Crippen LogP contribution in [0.25, 0.3) is 21.9 Å². The highest BCUT2D eigenvalue weighted by Gasteiger charge is 2.16. The van der Waals surface area contributed by atoms with Crippen molar-refractivity contribution in [2.45, 2.75) is 47.0 Å². The first kappa shape index (κ1) is 17.3. The number of furan rings is 1. The van der Waals surface area contributed by atoms with E-state index in [1.54, 1.807) is 6.07 Å². The monoisotopic (exact) mass is 341 g/mol. The van der Waals surface area contributed by atoms with Crippen LogP contribution < -0.4 is 10.9 Å². The van der Waals surface area contributed by atoms with Crippen LogP contribution in [0.1, 0.15) is 42.2 Å². The summed E-state index contributed by atoms with van der Waals surface area (Å²) in [4.78, 5) is 24.2. The third-order valence-electron chi connectivity index (χ3n) is 4.76. The summed E-state index contributed by atoms with van der Waals surface area (Å²) in [5.41, 5.74) is 3.38. The summed E-state index contributed by atoms with van der Waals surface area (Å²) in [7, 11) is 0. The molecule has 0 aliphatic carbocycles. The molecule has 1 aromatic carbocycles. The predicted octanol–water partition coefficient (Wildman–Crippen LogP) is 3.92. The summed E-state index contributed by atoms with van der Waals surface area (Å²) in [5.74, 6) is 0.815. The lowest BCUT2D eigenvalue weighted by atomic mass is 10.0.